The number of carbonyl (C=O) groups is 1. The molecule has 1 atom stereocenters. The van der Waals surface area contributed by atoms with Crippen LogP contribution in [0.2, 0.25) is 0 Å². The van der Waals surface area contributed by atoms with E-state index in [2.05, 4.69) is 0 Å². The van der Waals surface area contributed by atoms with E-state index in [4.69, 9.17) is 9.47 Å². The zero-order chi connectivity index (χ0) is 16.9. The van der Waals surface area contributed by atoms with Gasteiger partial charge in [-0.05, 0) is 38.4 Å². The normalized spacial score (nSPS) is 22.0. The Bertz CT molecular complexity index is 523. The Hall–Kier alpha value is -1.70. The molecule has 1 amide bonds. The minimum absolute atomic E-state index is 0.0373. The number of aliphatic hydroxyl groups is 1. The van der Waals surface area contributed by atoms with Gasteiger partial charge in [0.05, 0.1) is 26.3 Å². The molecule has 1 unspecified atom stereocenters. The minimum Gasteiger partial charge on any atom is -0.490 e. The van der Waals surface area contributed by atoms with Crippen molar-refractivity contribution in [2.45, 2.75) is 5.60 Å². The van der Waals surface area contributed by atoms with Crippen LogP contribution >= 0.6 is 0 Å². The van der Waals surface area contributed by atoms with Gasteiger partial charge in [0.25, 0.3) is 0 Å². The number of amides is 1. The molecule has 2 rings (SSSR count). The van der Waals surface area contributed by atoms with E-state index in [0.29, 0.717) is 18.9 Å². The maximum absolute atomic E-state index is 12.9. The minimum atomic E-state index is -1.30. The highest BCUT2D eigenvalue weighted by Crippen LogP contribution is 2.17. The number of benzene rings is 1. The van der Waals surface area contributed by atoms with E-state index < -0.39 is 5.60 Å². The Kier molecular flexibility index (Phi) is 5.92. The van der Waals surface area contributed by atoms with E-state index in [1.165, 1.54) is 24.3 Å². The van der Waals surface area contributed by atoms with Crippen LogP contribution in [-0.4, -0.2) is 80.0 Å². The van der Waals surface area contributed by atoms with Crippen molar-refractivity contribution in [2.24, 2.45) is 0 Å². The van der Waals surface area contributed by atoms with Crippen LogP contribution in [-0.2, 0) is 9.53 Å². The van der Waals surface area contributed by atoms with Crippen molar-refractivity contribution in [2.75, 3.05) is 53.6 Å². The molecule has 128 valence electrons. The molecule has 0 spiro atoms. The number of hydrogen-bond acceptors (Lipinski definition) is 5. The smallest absolute Gasteiger partial charge is 0.236 e. The molecule has 1 aliphatic heterocycles. The van der Waals surface area contributed by atoms with Gasteiger partial charge >= 0.3 is 0 Å². The molecule has 1 saturated heterocycles. The summed E-state index contributed by atoms with van der Waals surface area (Å²) >= 11 is 0. The number of β-amino-alcohol motifs (C(OH)–C–C–N with tert-alkyl or cyclic N) is 1. The predicted molar refractivity (Wildman–Crippen MR) is 82.8 cm³/mol. The second-order valence-corrected chi connectivity index (χ2v) is 6.07. The van der Waals surface area contributed by atoms with E-state index >= 15 is 0 Å². The van der Waals surface area contributed by atoms with Crippen molar-refractivity contribution < 1.29 is 23.8 Å². The zero-order valence-electron chi connectivity index (χ0n) is 13.5. The molecule has 1 aliphatic rings. The van der Waals surface area contributed by atoms with Gasteiger partial charge < -0.3 is 24.4 Å². The summed E-state index contributed by atoms with van der Waals surface area (Å²) in [6.07, 6.45) is 0. The van der Waals surface area contributed by atoms with Gasteiger partial charge in [-0.2, -0.15) is 0 Å². The summed E-state index contributed by atoms with van der Waals surface area (Å²) in [6, 6.07) is 5.56. The summed E-state index contributed by atoms with van der Waals surface area (Å²) in [5.74, 6) is 0.0327. The van der Waals surface area contributed by atoms with Crippen molar-refractivity contribution in [3.8, 4) is 5.75 Å². The van der Waals surface area contributed by atoms with E-state index in [0.717, 1.165) is 0 Å². The first-order valence-electron chi connectivity index (χ1n) is 7.49. The van der Waals surface area contributed by atoms with Gasteiger partial charge in [0.1, 0.15) is 23.8 Å². The van der Waals surface area contributed by atoms with E-state index in [1.54, 1.807) is 9.80 Å². The Morgan fingerprint density at radius 3 is 2.78 bits per heavy atom. The Morgan fingerprint density at radius 2 is 2.13 bits per heavy atom. The third-order valence-electron chi connectivity index (χ3n) is 3.49. The number of halogens is 1. The number of nitrogens with zero attached hydrogens (tertiary/aromatic N) is 2. The van der Waals surface area contributed by atoms with Crippen molar-refractivity contribution in [1.29, 1.82) is 0 Å². The van der Waals surface area contributed by atoms with Crippen LogP contribution in [0, 0.1) is 5.82 Å². The molecule has 0 bridgehead atoms. The molecule has 1 aromatic rings. The predicted octanol–water partition coefficient (Wildman–Crippen LogP) is 0.356. The lowest BCUT2D eigenvalue weighted by Gasteiger charge is -2.31. The lowest BCUT2D eigenvalue weighted by molar-refractivity contribution is -0.135. The van der Waals surface area contributed by atoms with Gasteiger partial charge in [-0.25, -0.2) is 4.39 Å². The molecule has 7 heteroatoms. The lowest BCUT2D eigenvalue weighted by atomic mass is 10.1. The van der Waals surface area contributed by atoms with Crippen LogP contribution in [0.5, 0.6) is 5.75 Å². The molecule has 23 heavy (non-hydrogen) atoms. The Balaban J connectivity index is 1.97. The highest BCUT2D eigenvalue weighted by atomic mass is 19.1. The van der Waals surface area contributed by atoms with Crippen molar-refractivity contribution in [1.82, 2.24) is 9.80 Å². The van der Waals surface area contributed by atoms with Crippen molar-refractivity contribution >= 4 is 5.91 Å². The quantitative estimate of drug-likeness (QED) is 0.846. The SMILES string of the molecule is CN(C)CC(=O)N1CCOCC(O)(COc2ccc(F)cc2)C1. The number of ether oxygens (including phenoxy) is 2. The highest BCUT2D eigenvalue weighted by Gasteiger charge is 2.35. The molecule has 0 aliphatic carbocycles. The summed E-state index contributed by atoms with van der Waals surface area (Å²) in [5.41, 5.74) is -1.30. The first-order chi connectivity index (χ1) is 10.9. The molecule has 0 saturated carbocycles. The third kappa shape index (κ3) is 5.46. The van der Waals surface area contributed by atoms with Crippen molar-refractivity contribution in [3.05, 3.63) is 30.1 Å². The first kappa shape index (κ1) is 17.7. The number of likely N-dealkylation sites (N-methyl/N-ethyl adjacent to an activating group) is 1. The second kappa shape index (κ2) is 7.72. The molecule has 0 aromatic heterocycles. The topological polar surface area (TPSA) is 62.2 Å². The molecule has 1 N–H and O–H groups in total. The van der Waals surface area contributed by atoms with E-state index in [1.807, 2.05) is 14.1 Å². The number of rotatable bonds is 5. The summed E-state index contributed by atoms with van der Waals surface area (Å²) in [6.45, 7) is 1.27. The van der Waals surface area contributed by atoms with Crippen LogP contribution in [0.4, 0.5) is 4.39 Å². The third-order valence-corrected chi connectivity index (χ3v) is 3.49. The van der Waals surface area contributed by atoms with Crippen molar-refractivity contribution in [3.63, 3.8) is 0 Å². The zero-order valence-corrected chi connectivity index (χ0v) is 13.5. The molecular weight excluding hydrogens is 303 g/mol. The molecule has 0 radical (unpaired) electrons. The van der Waals surface area contributed by atoms with Crippen LogP contribution in [0.3, 0.4) is 0 Å². The molecule has 1 fully saturated rings. The molecular formula is C16H23FN2O4. The van der Waals surface area contributed by atoms with E-state index in [-0.39, 0.29) is 38.0 Å². The average molecular weight is 326 g/mol. The summed E-state index contributed by atoms with van der Waals surface area (Å²) < 4.78 is 23.8. The van der Waals surface area contributed by atoms with Gasteiger partial charge in [0.15, 0.2) is 0 Å². The lowest BCUT2D eigenvalue weighted by Crippen LogP contribution is -2.51. The summed E-state index contributed by atoms with van der Waals surface area (Å²) in [7, 11) is 3.63. The molecule has 1 aromatic carbocycles. The fourth-order valence-electron chi connectivity index (χ4n) is 2.34. The average Bonchev–Trinajstić information content (AvgIpc) is 2.69. The number of carbonyl (C=O) groups excluding carboxylic acids is 1. The van der Waals surface area contributed by atoms with Gasteiger partial charge in [-0.3, -0.25) is 4.79 Å². The Morgan fingerprint density at radius 1 is 1.43 bits per heavy atom. The Labute approximate surface area is 135 Å². The standard InChI is InChI=1S/C16H23FN2O4/c1-18(2)9-15(20)19-7-8-22-11-16(21,10-19)12-23-14-5-3-13(17)4-6-14/h3-6,21H,7-12H2,1-2H3. The maximum atomic E-state index is 12.9. The number of hydrogen-bond donors (Lipinski definition) is 1. The van der Waals surface area contributed by atoms with Crippen LogP contribution in [0.1, 0.15) is 0 Å². The van der Waals surface area contributed by atoms with Crippen LogP contribution in [0.25, 0.3) is 0 Å². The van der Waals surface area contributed by atoms with Gasteiger partial charge in [-0.1, -0.05) is 0 Å². The maximum Gasteiger partial charge on any atom is 0.236 e. The fourth-order valence-corrected chi connectivity index (χ4v) is 2.34. The second-order valence-electron chi connectivity index (χ2n) is 6.07. The highest BCUT2D eigenvalue weighted by molar-refractivity contribution is 5.78. The summed E-state index contributed by atoms with van der Waals surface area (Å²) in [4.78, 5) is 15.6. The first-order valence-corrected chi connectivity index (χ1v) is 7.49. The van der Waals surface area contributed by atoms with Gasteiger partial charge in [0, 0.05) is 6.54 Å². The molecule has 1 heterocycles. The largest absolute Gasteiger partial charge is 0.490 e. The molecule has 6 nitrogen and oxygen atoms in total. The van der Waals surface area contributed by atoms with Gasteiger partial charge in [-0.15, -0.1) is 0 Å². The van der Waals surface area contributed by atoms with Crippen LogP contribution in [0.15, 0.2) is 24.3 Å². The van der Waals surface area contributed by atoms with Gasteiger partial charge in [0.2, 0.25) is 5.91 Å². The van der Waals surface area contributed by atoms with E-state index in [9.17, 15) is 14.3 Å². The summed E-state index contributed by atoms with van der Waals surface area (Å²) in [5, 5.41) is 10.7. The fraction of sp³-hybridized carbons (Fsp3) is 0.562. The monoisotopic (exact) mass is 326 g/mol. The van der Waals surface area contributed by atoms with Crippen LogP contribution < -0.4 is 4.74 Å².